The second-order valence-corrected chi connectivity index (χ2v) is 11.4. The van der Waals surface area contributed by atoms with Gasteiger partial charge in [0.2, 0.25) is 0 Å². The van der Waals surface area contributed by atoms with Gasteiger partial charge in [-0.2, -0.15) is 0 Å². The predicted molar refractivity (Wildman–Crippen MR) is 198 cm³/mol. The van der Waals surface area contributed by atoms with Gasteiger partial charge in [-0.15, -0.1) is 0 Å². The van der Waals surface area contributed by atoms with Crippen LogP contribution >= 0.6 is 0 Å². The standard InChI is InChI=1S/4C11H7F2N.2ClH.2Ir/c4*12-8-4-5-9(10(13)7-8)11-3-1-2-6-14-11;;;;/h4*1-7H;2*1H;;/p-2. The fraction of sp³-hybridized carbons (Fsp3) is 0. The number of hydrogen-bond acceptors (Lipinski definition) is 4. The minimum Gasteiger partial charge on any atom is -1.00 e. The molecule has 4 nitrogen and oxygen atoms in total. The Morgan fingerprint density at radius 1 is 0.267 bits per heavy atom. The van der Waals surface area contributed by atoms with Crippen LogP contribution in [0.5, 0.6) is 0 Å². The van der Waals surface area contributed by atoms with Gasteiger partial charge >= 0.3 is 0 Å². The minimum atomic E-state index is -0.594. The van der Waals surface area contributed by atoms with Crippen molar-refractivity contribution in [1.29, 1.82) is 0 Å². The molecular formula is C44H28Cl2F8Ir2N4-2. The Hall–Kier alpha value is -5.20. The summed E-state index contributed by atoms with van der Waals surface area (Å²) < 4.78 is 103. The molecular weight excluding hydrogens is 1190 g/mol. The van der Waals surface area contributed by atoms with Crippen LogP contribution in [-0.2, 0) is 40.2 Å². The van der Waals surface area contributed by atoms with Crippen LogP contribution in [0.3, 0.4) is 0 Å². The van der Waals surface area contributed by atoms with Crippen LogP contribution in [0.1, 0.15) is 0 Å². The predicted octanol–water partition coefficient (Wildman–Crippen LogP) is 6.11. The second-order valence-electron chi connectivity index (χ2n) is 11.4. The number of benzene rings is 4. The Morgan fingerprint density at radius 2 is 0.467 bits per heavy atom. The first-order valence-corrected chi connectivity index (χ1v) is 16.5. The van der Waals surface area contributed by atoms with Crippen LogP contribution in [0, 0.1) is 46.5 Å². The SMILES string of the molecule is Fc1ccc(-c2ccccn2)c(F)c1.Fc1ccc(-c2ccccn2)c(F)c1.Fc1ccc(-c2ccccn2)c(F)c1.Fc1ccc(-c2ccccn2)c(F)c1.[Cl-].[Cl-].[Ir].[Ir]. The van der Waals surface area contributed by atoms with Crippen molar-refractivity contribution in [1.82, 2.24) is 19.9 Å². The van der Waals surface area contributed by atoms with Crippen molar-refractivity contribution in [2.45, 2.75) is 0 Å². The van der Waals surface area contributed by atoms with Crippen LogP contribution in [-0.4, -0.2) is 19.9 Å². The van der Waals surface area contributed by atoms with E-state index in [0.717, 1.165) is 24.3 Å². The van der Waals surface area contributed by atoms with Crippen molar-refractivity contribution in [3.63, 3.8) is 0 Å². The molecule has 0 unspecified atom stereocenters. The van der Waals surface area contributed by atoms with Gasteiger partial charge in [-0.05, 0) is 97.1 Å². The first-order valence-electron chi connectivity index (χ1n) is 16.5. The molecule has 8 aromatic rings. The summed E-state index contributed by atoms with van der Waals surface area (Å²) in [5, 5.41) is 0. The van der Waals surface area contributed by atoms with Crippen LogP contribution in [0.25, 0.3) is 45.0 Å². The van der Waals surface area contributed by atoms with E-state index in [0.29, 0.717) is 45.0 Å². The van der Waals surface area contributed by atoms with E-state index in [-0.39, 0.29) is 65.0 Å². The molecule has 0 N–H and O–H groups in total. The van der Waals surface area contributed by atoms with Gasteiger partial charge in [0.15, 0.2) is 0 Å². The van der Waals surface area contributed by atoms with Gasteiger partial charge in [-0.1, -0.05) is 24.3 Å². The number of hydrogen-bond donors (Lipinski definition) is 0. The van der Waals surface area contributed by atoms with Crippen molar-refractivity contribution in [2.24, 2.45) is 0 Å². The molecule has 0 aliphatic heterocycles. The molecule has 0 saturated heterocycles. The molecule has 60 heavy (non-hydrogen) atoms. The molecule has 4 heterocycles. The average Bonchev–Trinajstić information content (AvgIpc) is 3.20. The third kappa shape index (κ3) is 15.8. The summed E-state index contributed by atoms with van der Waals surface area (Å²) in [6.07, 6.45) is 6.27. The van der Waals surface area contributed by atoms with E-state index in [1.807, 2.05) is 0 Å². The van der Waals surface area contributed by atoms with E-state index in [4.69, 9.17) is 0 Å². The van der Waals surface area contributed by atoms with Crippen molar-refractivity contribution in [3.8, 4) is 45.0 Å². The smallest absolute Gasteiger partial charge is 0.135 e. The van der Waals surface area contributed by atoms with E-state index in [2.05, 4.69) is 19.9 Å². The molecule has 2 radical (unpaired) electrons. The molecule has 4 aromatic carbocycles. The summed E-state index contributed by atoms with van der Waals surface area (Å²) in [6, 6.07) is 34.5. The quantitative estimate of drug-likeness (QED) is 0.200. The first kappa shape index (κ1) is 52.8. The molecule has 0 amide bonds. The van der Waals surface area contributed by atoms with Gasteiger partial charge in [0.1, 0.15) is 46.5 Å². The Bertz CT molecular complexity index is 2130. The third-order valence-electron chi connectivity index (χ3n) is 7.49. The normalized spacial score (nSPS) is 9.47. The summed E-state index contributed by atoms with van der Waals surface area (Å²) in [4.78, 5) is 15.9. The second kappa shape index (κ2) is 26.8. The van der Waals surface area contributed by atoms with E-state index in [9.17, 15) is 35.1 Å². The van der Waals surface area contributed by atoms with E-state index >= 15 is 0 Å². The summed E-state index contributed by atoms with van der Waals surface area (Å²) in [5.74, 6) is -4.70. The molecule has 0 fully saturated rings. The largest absolute Gasteiger partial charge is 1.00 e. The van der Waals surface area contributed by atoms with Crippen molar-refractivity contribution < 1.29 is 100 Å². The van der Waals surface area contributed by atoms with Gasteiger partial charge in [0, 0.05) is 112 Å². The summed E-state index contributed by atoms with van der Waals surface area (Å²) in [6.45, 7) is 0. The zero-order chi connectivity index (χ0) is 39.9. The summed E-state index contributed by atoms with van der Waals surface area (Å²) >= 11 is 0. The first-order chi connectivity index (χ1) is 27.1. The Morgan fingerprint density at radius 3 is 0.617 bits per heavy atom. The zero-order valence-electron chi connectivity index (χ0n) is 30.4. The maximum atomic E-state index is 13.3. The van der Waals surface area contributed by atoms with Crippen LogP contribution in [0.15, 0.2) is 170 Å². The van der Waals surface area contributed by atoms with Crippen molar-refractivity contribution >= 4 is 0 Å². The van der Waals surface area contributed by atoms with Gasteiger partial charge in [0.25, 0.3) is 0 Å². The Kier molecular flexibility index (Phi) is 23.6. The van der Waals surface area contributed by atoms with Crippen molar-refractivity contribution in [2.75, 3.05) is 0 Å². The summed E-state index contributed by atoms with van der Waals surface area (Å²) in [7, 11) is 0. The maximum absolute atomic E-state index is 13.3. The van der Waals surface area contributed by atoms with Crippen LogP contribution in [0.4, 0.5) is 35.1 Å². The molecule has 0 spiro atoms. The molecule has 4 aromatic heterocycles. The molecule has 0 atom stereocenters. The molecule has 8 rings (SSSR count). The van der Waals surface area contributed by atoms with Gasteiger partial charge in [0.05, 0.1) is 22.8 Å². The minimum absolute atomic E-state index is 0. The molecule has 0 saturated carbocycles. The zero-order valence-corrected chi connectivity index (χ0v) is 36.7. The Labute approximate surface area is 379 Å². The number of nitrogens with zero attached hydrogens (tertiary/aromatic N) is 4. The number of rotatable bonds is 4. The number of aromatic nitrogens is 4. The molecule has 314 valence electrons. The molecule has 0 aliphatic rings. The third-order valence-corrected chi connectivity index (χ3v) is 7.49. The average molecular weight is 1220 g/mol. The Balaban J connectivity index is 0.000000391. The van der Waals surface area contributed by atoms with Gasteiger partial charge < -0.3 is 24.8 Å². The number of pyridine rings is 4. The molecule has 16 heteroatoms. The van der Waals surface area contributed by atoms with Crippen LogP contribution < -0.4 is 24.8 Å². The van der Waals surface area contributed by atoms with E-state index in [1.54, 1.807) is 97.6 Å². The maximum Gasteiger partial charge on any atom is 0.135 e. The topological polar surface area (TPSA) is 51.6 Å². The van der Waals surface area contributed by atoms with E-state index in [1.165, 1.54) is 48.5 Å². The van der Waals surface area contributed by atoms with Crippen LogP contribution in [0.2, 0.25) is 0 Å². The summed E-state index contributed by atoms with van der Waals surface area (Å²) in [5.41, 5.74) is 3.27. The molecule has 0 bridgehead atoms. The van der Waals surface area contributed by atoms with Gasteiger partial charge in [-0.3, -0.25) is 19.9 Å². The monoisotopic (exact) mass is 1220 g/mol. The van der Waals surface area contributed by atoms with Crippen molar-refractivity contribution in [3.05, 3.63) is 217 Å². The van der Waals surface area contributed by atoms with E-state index < -0.39 is 46.5 Å². The molecule has 0 aliphatic carbocycles. The van der Waals surface area contributed by atoms with Gasteiger partial charge in [-0.25, -0.2) is 35.1 Å². The number of halogens is 10. The fourth-order valence-electron chi connectivity index (χ4n) is 4.88. The fourth-order valence-corrected chi connectivity index (χ4v) is 4.88.